The highest BCUT2D eigenvalue weighted by molar-refractivity contribution is 7.99. The van der Waals surface area contributed by atoms with Crippen molar-refractivity contribution in [2.75, 3.05) is 16.8 Å². The molecule has 0 bridgehead atoms. The van der Waals surface area contributed by atoms with Gasteiger partial charge in [-0.3, -0.25) is 0 Å². The first kappa shape index (κ1) is 11.3. The second-order valence-electron chi connectivity index (χ2n) is 3.85. The molecule has 1 heterocycles. The van der Waals surface area contributed by atoms with E-state index in [1.807, 2.05) is 42.1 Å². The highest BCUT2D eigenvalue weighted by Crippen LogP contribution is 2.19. The largest absolute Gasteiger partial charge is 0.370 e. The summed E-state index contributed by atoms with van der Waals surface area (Å²) in [5.41, 5.74) is 6.86. The van der Waals surface area contributed by atoms with Gasteiger partial charge in [-0.05, 0) is 36.5 Å². The second kappa shape index (κ2) is 5.80. The average Bonchev–Trinajstić information content (AvgIpc) is 2.31. The van der Waals surface area contributed by atoms with Gasteiger partial charge in [0.2, 0.25) is 0 Å². The topological polar surface area (TPSA) is 50.4 Å². The predicted octanol–water partition coefficient (Wildman–Crippen LogP) is 2.31. The third-order valence-electron chi connectivity index (χ3n) is 2.56. The standard InChI is InChI=1S/C12H17N3S/c13-12(14-10-4-2-1-3-5-10)15-11-6-8-16-9-7-11/h1-5,11H,6-9H2,(H3,13,14,15). The summed E-state index contributed by atoms with van der Waals surface area (Å²) in [6.07, 6.45) is 2.28. The van der Waals surface area contributed by atoms with Crippen LogP contribution in [-0.2, 0) is 0 Å². The van der Waals surface area contributed by atoms with E-state index in [1.165, 1.54) is 11.5 Å². The van der Waals surface area contributed by atoms with Crippen molar-refractivity contribution in [1.29, 1.82) is 0 Å². The lowest BCUT2D eigenvalue weighted by molar-refractivity contribution is 0.627. The number of benzene rings is 1. The minimum atomic E-state index is 0.400. The third-order valence-corrected chi connectivity index (χ3v) is 3.61. The van der Waals surface area contributed by atoms with E-state index in [9.17, 15) is 0 Å². The minimum absolute atomic E-state index is 0.400. The molecular formula is C12H17N3S. The molecule has 0 unspecified atom stereocenters. The van der Waals surface area contributed by atoms with Crippen molar-refractivity contribution in [2.24, 2.45) is 10.7 Å². The molecule has 0 amide bonds. The van der Waals surface area contributed by atoms with E-state index in [0.717, 1.165) is 18.5 Å². The molecule has 1 aromatic carbocycles. The fraction of sp³-hybridized carbons (Fsp3) is 0.417. The molecule has 3 N–H and O–H groups in total. The fourth-order valence-electron chi connectivity index (χ4n) is 1.71. The van der Waals surface area contributed by atoms with Crippen molar-refractivity contribution in [3.05, 3.63) is 30.3 Å². The van der Waals surface area contributed by atoms with Crippen LogP contribution in [0.1, 0.15) is 12.8 Å². The number of hydrogen-bond donors (Lipinski definition) is 2. The van der Waals surface area contributed by atoms with Crippen LogP contribution >= 0.6 is 11.8 Å². The molecule has 0 aliphatic carbocycles. The second-order valence-corrected chi connectivity index (χ2v) is 5.07. The van der Waals surface area contributed by atoms with E-state index >= 15 is 0 Å². The first-order chi connectivity index (χ1) is 7.84. The number of aliphatic imine (C=N–C) groups is 1. The number of anilines is 1. The zero-order chi connectivity index (χ0) is 11.2. The van der Waals surface area contributed by atoms with Crippen LogP contribution in [0.5, 0.6) is 0 Å². The highest BCUT2D eigenvalue weighted by Gasteiger charge is 2.12. The molecule has 1 fully saturated rings. The monoisotopic (exact) mass is 235 g/mol. The Balaban J connectivity index is 1.91. The van der Waals surface area contributed by atoms with Gasteiger partial charge >= 0.3 is 0 Å². The maximum absolute atomic E-state index is 5.87. The minimum Gasteiger partial charge on any atom is -0.370 e. The number of guanidine groups is 1. The molecule has 1 aliphatic rings. The molecule has 86 valence electrons. The van der Waals surface area contributed by atoms with Crippen LogP contribution in [0.3, 0.4) is 0 Å². The Morgan fingerprint density at radius 2 is 1.94 bits per heavy atom. The number of rotatable bonds is 2. The van der Waals surface area contributed by atoms with E-state index in [1.54, 1.807) is 0 Å². The summed E-state index contributed by atoms with van der Waals surface area (Å²) >= 11 is 2.00. The van der Waals surface area contributed by atoms with Crippen LogP contribution in [-0.4, -0.2) is 23.5 Å². The summed E-state index contributed by atoms with van der Waals surface area (Å²) < 4.78 is 0. The molecule has 1 saturated heterocycles. The van der Waals surface area contributed by atoms with E-state index in [0.29, 0.717) is 12.0 Å². The summed E-state index contributed by atoms with van der Waals surface area (Å²) in [6.45, 7) is 0. The van der Waals surface area contributed by atoms with Crippen molar-refractivity contribution >= 4 is 23.4 Å². The van der Waals surface area contributed by atoms with E-state index in [-0.39, 0.29) is 0 Å². The Bertz CT molecular complexity index is 345. The molecule has 16 heavy (non-hydrogen) atoms. The Morgan fingerprint density at radius 3 is 2.62 bits per heavy atom. The Morgan fingerprint density at radius 1 is 1.25 bits per heavy atom. The van der Waals surface area contributed by atoms with Gasteiger partial charge in [-0.25, -0.2) is 4.99 Å². The molecule has 4 heteroatoms. The fourth-order valence-corrected chi connectivity index (χ4v) is 2.79. The number of thioether (sulfide) groups is 1. The van der Waals surface area contributed by atoms with Gasteiger partial charge in [-0.1, -0.05) is 18.2 Å². The van der Waals surface area contributed by atoms with Crippen molar-refractivity contribution in [2.45, 2.75) is 18.9 Å². The summed E-state index contributed by atoms with van der Waals surface area (Å²) in [6, 6.07) is 10.3. The van der Waals surface area contributed by atoms with Gasteiger partial charge in [0.15, 0.2) is 5.96 Å². The Hall–Kier alpha value is -1.16. The number of nitrogens with one attached hydrogen (secondary N) is 1. The number of hydrogen-bond acceptors (Lipinski definition) is 2. The molecule has 0 saturated carbocycles. The SMILES string of the molecule is NC(=NC1CCSCC1)Nc1ccccc1. The lowest BCUT2D eigenvalue weighted by Gasteiger charge is -2.18. The zero-order valence-electron chi connectivity index (χ0n) is 9.23. The molecule has 3 nitrogen and oxygen atoms in total. The zero-order valence-corrected chi connectivity index (χ0v) is 10.0. The number of para-hydroxylation sites is 1. The smallest absolute Gasteiger partial charge is 0.193 e. The first-order valence-electron chi connectivity index (χ1n) is 5.58. The van der Waals surface area contributed by atoms with Gasteiger partial charge in [0.1, 0.15) is 0 Å². The lowest BCUT2D eigenvalue weighted by Crippen LogP contribution is -2.26. The maximum atomic E-state index is 5.87. The third kappa shape index (κ3) is 3.45. The van der Waals surface area contributed by atoms with Gasteiger partial charge in [-0.2, -0.15) is 11.8 Å². The molecule has 0 spiro atoms. The summed E-state index contributed by atoms with van der Waals surface area (Å²) in [4.78, 5) is 4.50. The molecule has 0 aromatic heterocycles. The summed E-state index contributed by atoms with van der Waals surface area (Å²) in [7, 11) is 0. The predicted molar refractivity (Wildman–Crippen MR) is 72.0 cm³/mol. The van der Waals surface area contributed by atoms with Crippen LogP contribution in [0.2, 0.25) is 0 Å². The van der Waals surface area contributed by atoms with Crippen LogP contribution in [0, 0.1) is 0 Å². The van der Waals surface area contributed by atoms with Crippen LogP contribution in [0.15, 0.2) is 35.3 Å². The summed E-state index contributed by atoms with van der Waals surface area (Å²) in [5, 5.41) is 3.11. The molecule has 1 aliphatic heterocycles. The van der Waals surface area contributed by atoms with Gasteiger partial charge < -0.3 is 11.1 Å². The van der Waals surface area contributed by atoms with Crippen molar-refractivity contribution in [3.8, 4) is 0 Å². The quantitative estimate of drug-likeness (QED) is 0.611. The molecule has 0 atom stereocenters. The number of nitrogens with two attached hydrogens (primary N) is 1. The van der Waals surface area contributed by atoms with E-state index in [2.05, 4.69) is 10.3 Å². The maximum Gasteiger partial charge on any atom is 0.193 e. The van der Waals surface area contributed by atoms with Gasteiger partial charge in [0.25, 0.3) is 0 Å². The van der Waals surface area contributed by atoms with Crippen molar-refractivity contribution in [1.82, 2.24) is 0 Å². The van der Waals surface area contributed by atoms with Crippen LogP contribution in [0.4, 0.5) is 5.69 Å². The first-order valence-corrected chi connectivity index (χ1v) is 6.73. The summed E-state index contributed by atoms with van der Waals surface area (Å²) in [5.74, 6) is 2.93. The molecule has 1 aromatic rings. The van der Waals surface area contributed by atoms with Crippen molar-refractivity contribution in [3.63, 3.8) is 0 Å². The van der Waals surface area contributed by atoms with Gasteiger partial charge in [0, 0.05) is 5.69 Å². The Kier molecular flexibility index (Phi) is 4.10. The van der Waals surface area contributed by atoms with E-state index < -0.39 is 0 Å². The average molecular weight is 235 g/mol. The van der Waals surface area contributed by atoms with Crippen LogP contribution in [0.25, 0.3) is 0 Å². The molecule has 0 radical (unpaired) electrons. The lowest BCUT2D eigenvalue weighted by atomic mass is 10.2. The molecule has 2 rings (SSSR count). The van der Waals surface area contributed by atoms with Crippen LogP contribution < -0.4 is 11.1 Å². The molecular weight excluding hydrogens is 218 g/mol. The number of nitrogens with zero attached hydrogens (tertiary/aromatic N) is 1. The van der Waals surface area contributed by atoms with Crippen molar-refractivity contribution < 1.29 is 0 Å². The van der Waals surface area contributed by atoms with Gasteiger partial charge in [-0.15, -0.1) is 0 Å². The van der Waals surface area contributed by atoms with E-state index in [4.69, 9.17) is 5.73 Å². The Labute approximate surface area is 101 Å². The highest BCUT2D eigenvalue weighted by atomic mass is 32.2. The normalized spacial score (nSPS) is 18.4. The van der Waals surface area contributed by atoms with Gasteiger partial charge in [0.05, 0.1) is 6.04 Å².